The van der Waals surface area contributed by atoms with Gasteiger partial charge in [0.1, 0.15) is 0 Å². The first-order chi connectivity index (χ1) is 13.1. The highest BCUT2D eigenvalue weighted by Crippen LogP contribution is 2.32. The molecule has 0 heterocycles. The number of unbranched alkanes of at least 4 members (excludes halogenated alkanes) is 3. The van der Waals surface area contributed by atoms with Crippen molar-refractivity contribution in [2.45, 2.75) is 62.4 Å². The van der Waals surface area contributed by atoms with E-state index in [1.807, 2.05) is 36.4 Å². The van der Waals surface area contributed by atoms with Gasteiger partial charge in [0.2, 0.25) is 0 Å². The lowest BCUT2D eigenvalue weighted by molar-refractivity contribution is -0.137. The van der Waals surface area contributed by atoms with E-state index < -0.39 is 5.97 Å². The quantitative estimate of drug-likeness (QED) is 0.377. The summed E-state index contributed by atoms with van der Waals surface area (Å²) in [5, 5.41) is 18.9. The zero-order chi connectivity index (χ0) is 19.5. The summed E-state index contributed by atoms with van der Waals surface area (Å²) >= 11 is 1.66. The standard InChI is InChI=1S/C22H30O4S/c23-18(16-27-19-8-4-3-5-9-19)14-12-17-13-15-21(24)20(17)10-6-1-2-7-11-22(25)26/h3-5,8-9,13,15,17-18,20,23H,1-2,6-7,10-12,14,16H2,(H,25,26)/t17-,18?,20?/m0/s1. The Bertz CT molecular complexity index is 614. The Hall–Kier alpha value is -1.59. The van der Waals surface area contributed by atoms with Crippen LogP contribution in [0.5, 0.6) is 0 Å². The minimum Gasteiger partial charge on any atom is -0.481 e. The van der Waals surface area contributed by atoms with Crippen LogP contribution in [-0.2, 0) is 9.59 Å². The molecule has 2 unspecified atom stereocenters. The molecule has 5 heteroatoms. The minimum atomic E-state index is -0.741. The van der Waals surface area contributed by atoms with Crippen LogP contribution in [0.15, 0.2) is 47.4 Å². The summed E-state index contributed by atoms with van der Waals surface area (Å²) in [5.74, 6) is 0.405. The summed E-state index contributed by atoms with van der Waals surface area (Å²) in [7, 11) is 0. The number of rotatable bonds is 13. The number of carboxylic acids is 1. The van der Waals surface area contributed by atoms with Gasteiger partial charge in [-0.25, -0.2) is 0 Å². The molecule has 0 aliphatic heterocycles. The van der Waals surface area contributed by atoms with Gasteiger partial charge >= 0.3 is 5.97 Å². The van der Waals surface area contributed by atoms with Crippen LogP contribution < -0.4 is 0 Å². The van der Waals surface area contributed by atoms with Crippen LogP contribution in [0.25, 0.3) is 0 Å². The van der Waals surface area contributed by atoms with Gasteiger partial charge in [0.05, 0.1) is 6.10 Å². The van der Waals surface area contributed by atoms with Crippen molar-refractivity contribution in [3.8, 4) is 0 Å². The Labute approximate surface area is 166 Å². The van der Waals surface area contributed by atoms with Crippen molar-refractivity contribution in [2.24, 2.45) is 11.8 Å². The Morgan fingerprint density at radius 2 is 1.81 bits per heavy atom. The van der Waals surface area contributed by atoms with Crippen molar-refractivity contribution in [3.05, 3.63) is 42.5 Å². The average molecular weight is 391 g/mol. The molecule has 1 aliphatic carbocycles. The number of allylic oxidation sites excluding steroid dienone is 2. The molecule has 0 saturated heterocycles. The molecule has 4 nitrogen and oxygen atoms in total. The summed E-state index contributed by atoms with van der Waals surface area (Å²) in [6, 6.07) is 10.1. The van der Waals surface area contributed by atoms with Gasteiger partial charge in [0, 0.05) is 23.0 Å². The van der Waals surface area contributed by atoms with Gasteiger partial charge in [-0.15, -0.1) is 11.8 Å². The Morgan fingerprint density at radius 3 is 2.56 bits per heavy atom. The number of benzene rings is 1. The average Bonchev–Trinajstić information content (AvgIpc) is 3.01. The van der Waals surface area contributed by atoms with Crippen molar-refractivity contribution in [1.29, 1.82) is 0 Å². The van der Waals surface area contributed by atoms with E-state index in [-0.39, 0.29) is 30.1 Å². The third-order valence-corrected chi connectivity index (χ3v) is 6.22. The molecule has 3 atom stereocenters. The number of hydrogen-bond donors (Lipinski definition) is 2. The predicted octanol–water partition coefficient (Wildman–Crippen LogP) is 4.72. The molecule has 0 spiro atoms. The van der Waals surface area contributed by atoms with Crippen LogP contribution in [0.3, 0.4) is 0 Å². The molecule has 1 aromatic carbocycles. The highest BCUT2D eigenvalue weighted by molar-refractivity contribution is 7.99. The minimum absolute atomic E-state index is 0.0402. The number of carbonyl (C=O) groups excluding carboxylic acids is 1. The van der Waals surface area contributed by atoms with E-state index in [2.05, 4.69) is 0 Å². The molecule has 0 saturated carbocycles. The van der Waals surface area contributed by atoms with Crippen LogP contribution in [-0.4, -0.2) is 33.8 Å². The molecule has 2 N–H and O–H groups in total. The van der Waals surface area contributed by atoms with Gasteiger partial charge in [-0.3, -0.25) is 9.59 Å². The molecule has 0 fully saturated rings. The van der Waals surface area contributed by atoms with E-state index in [0.717, 1.165) is 37.0 Å². The Balaban J connectivity index is 1.64. The van der Waals surface area contributed by atoms with Crippen LogP contribution in [0.4, 0.5) is 0 Å². The summed E-state index contributed by atoms with van der Waals surface area (Å²) in [6.07, 6.45) is 9.52. The lowest BCUT2D eigenvalue weighted by Crippen LogP contribution is -2.19. The van der Waals surface area contributed by atoms with Crippen LogP contribution in [0.1, 0.15) is 51.4 Å². The molecule has 0 radical (unpaired) electrons. The maximum atomic E-state index is 12.1. The molecular formula is C22H30O4S. The monoisotopic (exact) mass is 390 g/mol. The lowest BCUT2D eigenvalue weighted by Gasteiger charge is -2.19. The maximum Gasteiger partial charge on any atom is 0.303 e. The molecule has 1 aromatic rings. The highest BCUT2D eigenvalue weighted by atomic mass is 32.2. The second-order valence-electron chi connectivity index (χ2n) is 7.23. The number of thioether (sulfide) groups is 1. The van der Waals surface area contributed by atoms with Crippen LogP contribution in [0.2, 0.25) is 0 Å². The molecule has 27 heavy (non-hydrogen) atoms. The van der Waals surface area contributed by atoms with Crippen LogP contribution in [0, 0.1) is 11.8 Å². The Kier molecular flexibility index (Phi) is 9.64. The topological polar surface area (TPSA) is 74.6 Å². The number of hydrogen-bond acceptors (Lipinski definition) is 4. The van der Waals surface area contributed by atoms with Gasteiger partial charge in [0.15, 0.2) is 5.78 Å². The molecule has 1 aliphatic rings. The fraction of sp³-hybridized carbons (Fsp3) is 0.545. The van der Waals surface area contributed by atoms with Crippen molar-refractivity contribution in [2.75, 3.05) is 5.75 Å². The van der Waals surface area contributed by atoms with Crippen molar-refractivity contribution >= 4 is 23.5 Å². The number of aliphatic hydroxyl groups is 1. The molecule has 2 rings (SSSR count). The fourth-order valence-corrected chi connectivity index (χ4v) is 4.41. The third kappa shape index (κ3) is 8.31. The SMILES string of the molecule is O=C(O)CCCCCCC1C(=O)C=C[C@@H]1CCC(O)CSc1ccccc1. The first-order valence-electron chi connectivity index (χ1n) is 9.86. The van der Waals surface area contributed by atoms with Crippen molar-refractivity contribution in [3.63, 3.8) is 0 Å². The third-order valence-electron chi connectivity index (χ3n) is 5.06. The number of ketones is 1. The smallest absolute Gasteiger partial charge is 0.303 e. The van der Waals surface area contributed by atoms with E-state index in [9.17, 15) is 14.7 Å². The summed E-state index contributed by atoms with van der Waals surface area (Å²) in [5.41, 5.74) is 0. The first kappa shape index (κ1) is 21.7. The van der Waals surface area contributed by atoms with Gasteiger partial charge < -0.3 is 10.2 Å². The second-order valence-corrected chi connectivity index (χ2v) is 8.33. The molecule has 148 valence electrons. The first-order valence-corrected chi connectivity index (χ1v) is 10.8. The lowest BCUT2D eigenvalue weighted by atomic mass is 9.86. The largest absolute Gasteiger partial charge is 0.481 e. The van der Waals surface area contributed by atoms with Crippen molar-refractivity contribution in [1.82, 2.24) is 0 Å². The normalized spacial score (nSPS) is 20.1. The molecule has 0 aromatic heterocycles. The number of aliphatic carboxylic acids is 1. The fourth-order valence-electron chi connectivity index (χ4n) is 3.51. The summed E-state index contributed by atoms with van der Waals surface area (Å²) in [4.78, 5) is 23.8. The second kappa shape index (κ2) is 12.0. The highest BCUT2D eigenvalue weighted by Gasteiger charge is 2.29. The molecule has 0 bridgehead atoms. The number of carbonyl (C=O) groups is 2. The predicted molar refractivity (Wildman–Crippen MR) is 109 cm³/mol. The van der Waals surface area contributed by atoms with E-state index >= 15 is 0 Å². The van der Waals surface area contributed by atoms with Crippen molar-refractivity contribution < 1.29 is 19.8 Å². The Morgan fingerprint density at radius 1 is 1.07 bits per heavy atom. The van der Waals surface area contributed by atoms with Gasteiger partial charge in [-0.05, 0) is 49.8 Å². The molecular weight excluding hydrogens is 360 g/mol. The molecule has 0 amide bonds. The van der Waals surface area contributed by atoms with E-state index in [0.29, 0.717) is 18.6 Å². The number of aliphatic hydroxyl groups excluding tert-OH is 1. The van der Waals surface area contributed by atoms with E-state index in [1.54, 1.807) is 17.8 Å². The van der Waals surface area contributed by atoms with Gasteiger partial charge in [0.25, 0.3) is 0 Å². The summed E-state index contributed by atoms with van der Waals surface area (Å²) in [6.45, 7) is 0. The van der Waals surface area contributed by atoms with Gasteiger partial charge in [-0.1, -0.05) is 43.5 Å². The van der Waals surface area contributed by atoms with E-state index in [4.69, 9.17) is 5.11 Å². The zero-order valence-corrected chi connectivity index (χ0v) is 16.6. The van der Waals surface area contributed by atoms with Gasteiger partial charge in [-0.2, -0.15) is 0 Å². The summed E-state index contributed by atoms with van der Waals surface area (Å²) < 4.78 is 0. The zero-order valence-electron chi connectivity index (χ0n) is 15.8. The van der Waals surface area contributed by atoms with E-state index in [1.165, 1.54) is 0 Å². The number of carboxylic acid groups (broad SMARTS) is 1. The van der Waals surface area contributed by atoms with Crippen LogP contribution >= 0.6 is 11.8 Å². The maximum absolute atomic E-state index is 12.1.